The summed E-state index contributed by atoms with van der Waals surface area (Å²) in [4.78, 5) is 23.3. The molecule has 0 aliphatic heterocycles. The highest BCUT2D eigenvalue weighted by Crippen LogP contribution is 2.27. The van der Waals surface area contributed by atoms with Gasteiger partial charge in [0.25, 0.3) is 5.91 Å². The molecule has 0 aromatic heterocycles. The Labute approximate surface area is 160 Å². The van der Waals surface area contributed by atoms with Crippen LogP contribution in [0, 0.1) is 11.3 Å². The van der Waals surface area contributed by atoms with E-state index in [-0.39, 0.29) is 31.4 Å². The zero-order valence-corrected chi connectivity index (χ0v) is 15.1. The maximum atomic E-state index is 11.9. The van der Waals surface area contributed by atoms with Crippen LogP contribution in [0.2, 0.25) is 10.0 Å². The van der Waals surface area contributed by atoms with E-state index in [1.54, 1.807) is 42.5 Å². The van der Waals surface area contributed by atoms with Gasteiger partial charge >= 0.3 is 0 Å². The van der Waals surface area contributed by atoms with Crippen molar-refractivity contribution in [3.8, 4) is 11.8 Å². The Morgan fingerprint density at radius 1 is 1.12 bits per heavy atom. The molecule has 0 saturated carbocycles. The minimum atomic E-state index is -0.387. The molecule has 0 bridgehead atoms. The third-order valence-corrected chi connectivity index (χ3v) is 3.72. The number of carbonyl (C=O) groups is 2. The molecule has 2 N–H and O–H groups in total. The average Bonchev–Trinajstić information content (AvgIpc) is 2.59. The van der Waals surface area contributed by atoms with Gasteiger partial charge in [-0.1, -0.05) is 35.3 Å². The molecule has 0 aliphatic rings. The van der Waals surface area contributed by atoms with Crippen LogP contribution in [0.3, 0.4) is 0 Å². The lowest BCUT2D eigenvalue weighted by Crippen LogP contribution is -2.28. The van der Waals surface area contributed by atoms with Crippen LogP contribution in [-0.4, -0.2) is 18.4 Å². The van der Waals surface area contributed by atoms with Gasteiger partial charge in [-0.3, -0.25) is 9.59 Å². The van der Waals surface area contributed by atoms with Gasteiger partial charge in [0.15, 0.2) is 6.61 Å². The van der Waals surface area contributed by atoms with E-state index in [9.17, 15) is 9.59 Å². The molecule has 134 valence electrons. The van der Waals surface area contributed by atoms with Crippen LogP contribution in [0.25, 0.3) is 0 Å². The maximum Gasteiger partial charge on any atom is 0.258 e. The second kappa shape index (κ2) is 9.66. The molecule has 0 fully saturated rings. The van der Waals surface area contributed by atoms with E-state index in [2.05, 4.69) is 10.6 Å². The average molecular weight is 392 g/mol. The van der Waals surface area contributed by atoms with E-state index >= 15 is 0 Å². The molecule has 0 aliphatic carbocycles. The molecule has 6 nitrogen and oxygen atoms in total. The van der Waals surface area contributed by atoms with Crippen LogP contribution in [0.4, 0.5) is 5.69 Å². The molecule has 0 saturated heterocycles. The molecule has 2 rings (SSSR count). The zero-order valence-electron chi connectivity index (χ0n) is 13.6. The second-order valence-corrected chi connectivity index (χ2v) is 6.07. The fourth-order valence-electron chi connectivity index (χ4n) is 2.02. The van der Waals surface area contributed by atoms with Gasteiger partial charge in [-0.2, -0.15) is 5.26 Å². The van der Waals surface area contributed by atoms with Crippen molar-refractivity contribution in [3.63, 3.8) is 0 Å². The van der Waals surface area contributed by atoms with Crippen LogP contribution in [0.5, 0.6) is 5.75 Å². The molecule has 0 unspecified atom stereocenters. The molecule has 2 aromatic carbocycles. The van der Waals surface area contributed by atoms with E-state index in [0.717, 1.165) is 5.56 Å². The maximum absolute atomic E-state index is 11.9. The van der Waals surface area contributed by atoms with Crippen molar-refractivity contribution in [2.75, 3.05) is 11.9 Å². The number of benzene rings is 2. The van der Waals surface area contributed by atoms with Crippen molar-refractivity contribution in [2.24, 2.45) is 0 Å². The number of hydrogen-bond acceptors (Lipinski definition) is 4. The van der Waals surface area contributed by atoms with Gasteiger partial charge in [0.2, 0.25) is 5.91 Å². The number of carbonyl (C=O) groups excluding carboxylic acids is 2. The molecule has 26 heavy (non-hydrogen) atoms. The van der Waals surface area contributed by atoms with E-state index in [0.29, 0.717) is 21.5 Å². The largest absolute Gasteiger partial charge is 0.482 e. The first-order valence-corrected chi connectivity index (χ1v) is 8.34. The number of anilines is 1. The molecular formula is C18H15Cl2N3O3. The molecule has 0 radical (unpaired) electrons. The number of nitriles is 1. The summed E-state index contributed by atoms with van der Waals surface area (Å²) in [5.74, 6) is -0.342. The predicted molar refractivity (Wildman–Crippen MR) is 99.1 cm³/mol. The lowest BCUT2D eigenvalue weighted by molar-refractivity contribution is -0.123. The summed E-state index contributed by atoms with van der Waals surface area (Å²) >= 11 is 11.8. The predicted octanol–water partition coefficient (Wildman–Crippen LogP) is 3.54. The Bertz CT molecular complexity index is 850. The van der Waals surface area contributed by atoms with E-state index in [1.165, 1.54) is 6.07 Å². The zero-order chi connectivity index (χ0) is 18.9. The van der Waals surface area contributed by atoms with Crippen LogP contribution in [0.15, 0.2) is 42.5 Å². The summed E-state index contributed by atoms with van der Waals surface area (Å²) in [6.45, 7) is 0.0679. The monoisotopic (exact) mass is 391 g/mol. The van der Waals surface area contributed by atoms with E-state index in [1.807, 2.05) is 0 Å². The highest BCUT2D eigenvalue weighted by atomic mass is 35.5. The van der Waals surface area contributed by atoms with Crippen LogP contribution in [0.1, 0.15) is 12.0 Å². The summed E-state index contributed by atoms with van der Waals surface area (Å²) in [5, 5.41) is 14.6. The smallest absolute Gasteiger partial charge is 0.258 e. The Morgan fingerprint density at radius 2 is 1.92 bits per heavy atom. The van der Waals surface area contributed by atoms with Crippen LogP contribution in [-0.2, 0) is 16.1 Å². The quantitative estimate of drug-likeness (QED) is 0.754. The number of halogens is 2. The topological polar surface area (TPSA) is 91.2 Å². The standard InChI is InChI=1S/C18H15Cl2N3O3/c19-13-4-5-16(15(20)9-13)26-11-18(25)22-10-12-2-1-3-14(8-12)23-17(24)6-7-21/h1-5,8-9H,6,10-11H2,(H,22,25)(H,23,24). The first-order valence-electron chi connectivity index (χ1n) is 7.58. The summed E-state index contributed by atoms with van der Waals surface area (Å²) in [5.41, 5.74) is 1.35. The molecular weight excluding hydrogens is 377 g/mol. The van der Waals surface area contributed by atoms with Gasteiger partial charge in [-0.05, 0) is 35.9 Å². The molecule has 2 aromatic rings. The summed E-state index contributed by atoms with van der Waals surface area (Å²) in [6.07, 6.45) is -0.217. The van der Waals surface area contributed by atoms with Crippen LogP contribution >= 0.6 is 23.2 Å². The van der Waals surface area contributed by atoms with Gasteiger partial charge in [0.1, 0.15) is 12.2 Å². The number of hydrogen-bond donors (Lipinski definition) is 2. The lowest BCUT2D eigenvalue weighted by Gasteiger charge is -2.10. The Kier molecular flexibility index (Phi) is 7.27. The van der Waals surface area contributed by atoms with Crippen molar-refractivity contribution in [2.45, 2.75) is 13.0 Å². The van der Waals surface area contributed by atoms with Gasteiger partial charge in [-0.25, -0.2) is 0 Å². The summed E-state index contributed by atoms with van der Waals surface area (Å²) in [7, 11) is 0. The van der Waals surface area contributed by atoms with E-state index < -0.39 is 0 Å². The summed E-state index contributed by atoms with van der Waals surface area (Å²) < 4.78 is 5.36. The minimum absolute atomic E-state index is 0.194. The summed E-state index contributed by atoms with van der Waals surface area (Å²) in [6, 6.07) is 13.5. The molecule has 0 spiro atoms. The number of rotatable bonds is 7. The van der Waals surface area contributed by atoms with Gasteiger partial charge in [-0.15, -0.1) is 0 Å². The van der Waals surface area contributed by atoms with Gasteiger partial charge < -0.3 is 15.4 Å². The number of amides is 2. The van der Waals surface area contributed by atoms with Crippen molar-refractivity contribution >= 4 is 40.7 Å². The normalized spacial score (nSPS) is 9.88. The molecule has 0 atom stereocenters. The highest BCUT2D eigenvalue weighted by molar-refractivity contribution is 6.35. The van der Waals surface area contributed by atoms with Gasteiger partial charge in [0, 0.05) is 17.3 Å². The fourth-order valence-corrected chi connectivity index (χ4v) is 2.49. The Hall–Kier alpha value is -2.75. The first kappa shape index (κ1) is 19.6. The first-order chi connectivity index (χ1) is 12.5. The molecule has 2 amide bonds. The number of nitrogens with zero attached hydrogens (tertiary/aromatic N) is 1. The van der Waals surface area contributed by atoms with Crippen molar-refractivity contribution in [1.29, 1.82) is 5.26 Å². The SMILES string of the molecule is N#CCC(=O)Nc1cccc(CNC(=O)COc2ccc(Cl)cc2Cl)c1. The number of ether oxygens (including phenoxy) is 1. The molecule has 0 heterocycles. The lowest BCUT2D eigenvalue weighted by atomic mass is 10.2. The van der Waals surface area contributed by atoms with Crippen molar-refractivity contribution in [1.82, 2.24) is 5.32 Å². The van der Waals surface area contributed by atoms with Crippen molar-refractivity contribution < 1.29 is 14.3 Å². The Balaban J connectivity index is 1.83. The van der Waals surface area contributed by atoms with Crippen molar-refractivity contribution in [3.05, 3.63) is 58.1 Å². The molecule has 8 heteroatoms. The van der Waals surface area contributed by atoms with Crippen LogP contribution < -0.4 is 15.4 Å². The fraction of sp³-hybridized carbons (Fsp3) is 0.167. The third kappa shape index (κ3) is 6.28. The number of nitrogens with one attached hydrogen (secondary N) is 2. The van der Waals surface area contributed by atoms with E-state index in [4.69, 9.17) is 33.2 Å². The minimum Gasteiger partial charge on any atom is -0.482 e. The van der Waals surface area contributed by atoms with Gasteiger partial charge in [0.05, 0.1) is 11.1 Å². The second-order valence-electron chi connectivity index (χ2n) is 5.22. The Morgan fingerprint density at radius 3 is 2.65 bits per heavy atom. The highest BCUT2D eigenvalue weighted by Gasteiger charge is 2.07. The third-order valence-electron chi connectivity index (χ3n) is 3.19.